The molecule has 8 heavy (non-hydrogen) atoms. The van der Waals surface area contributed by atoms with E-state index in [-0.39, 0.29) is 0 Å². The van der Waals surface area contributed by atoms with E-state index in [9.17, 15) is 0 Å². The Labute approximate surface area is 62.5 Å². The zero-order valence-electron chi connectivity index (χ0n) is 5.28. The van der Waals surface area contributed by atoms with Gasteiger partial charge in [-0.3, -0.25) is 0 Å². The fourth-order valence-electron chi connectivity index (χ4n) is 0.341. The van der Waals surface area contributed by atoms with E-state index in [4.69, 9.17) is 11.6 Å². The molecule has 0 spiro atoms. The number of hydrogen-bond acceptors (Lipinski definition) is 0. The van der Waals surface area contributed by atoms with Crippen molar-refractivity contribution in [1.29, 1.82) is 0 Å². The molecule has 0 aromatic heterocycles. The first-order chi connectivity index (χ1) is 3.81. The third kappa shape index (κ3) is 4.70. The van der Waals surface area contributed by atoms with E-state index < -0.39 is 0 Å². The molecule has 0 amide bonds. The second kappa shape index (κ2) is 5.68. The van der Waals surface area contributed by atoms with Gasteiger partial charge >= 0.3 is 62.2 Å². The topological polar surface area (TPSA) is 0 Å². The Morgan fingerprint density at radius 2 is 2.38 bits per heavy atom. The van der Waals surface area contributed by atoms with Crippen LogP contribution < -0.4 is 0 Å². The summed E-state index contributed by atoms with van der Waals surface area (Å²) in [5.74, 6) is 2.13. The average molecular weight is 198 g/mol. The van der Waals surface area contributed by atoms with Gasteiger partial charge in [-0.15, -0.1) is 0 Å². The molecule has 0 bridgehead atoms. The second-order valence-corrected chi connectivity index (χ2v) is 4.20. The van der Waals surface area contributed by atoms with Crippen LogP contribution >= 0.6 is 11.6 Å². The summed E-state index contributed by atoms with van der Waals surface area (Å²) >= 11 is 6.24. The van der Waals surface area contributed by atoms with Crippen LogP contribution in [-0.2, 0) is 0 Å². The van der Waals surface area contributed by atoms with Crippen LogP contribution in [-0.4, -0.2) is 15.0 Å². The van der Waals surface area contributed by atoms with Crippen LogP contribution in [0.1, 0.15) is 19.8 Å². The standard InChI is InChI=1S/C6H11ClSe/c1-3-4-5-6(7)8-2/h5H,3-4H2,1-2H3/b6-5+. The molecule has 2 heteroatoms. The number of halogens is 1. The van der Waals surface area contributed by atoms with Crippen LogP contribution in [0.5, 0.6) is 0 Å². The molecule has 0 N–H and O–H groups in total. The van der Waals surface area contributed by atoms with E-state index in [1.807, 2.05) is 0 Å². The van der Waals surface area contributed by atoms with Crippen LogP contribution in [0.3, 0.4) is 0 Å². The summed E-state index contributed by atoms with van der Waals surface area (Å²) in [4.78, 5) is 0. The molecule has 0 aliphatic rings. The van der Waals surface area contributed by atoms with Gasteiger partial charge in [0.25, 0.3) is 0 Å². The molecule has 0 aromatic rings. The number of unbranched alkanes of at least 4 members (excludes halogenated alkanes) is 1. The van der Waals surface area contributed by atoms with Gasteiger partial charge in [-0.2, -0.15) is 0 Å². The Kier molecular flexibility index (Phi) is 6.07. The first kappa shape index (κ1) is 8.55. The fourth-order valence-corrected chi connectivity index (χ4v) is 1.05. The molecule has 0 nitrogen and oxygen atoms in total. The molecular weight excluding hydrogens is 186 g/mol. The number of allylic oxidation sites excluding steroid dienone is 1. The van der Waals surface area contributed by atoms with Gasteiger partial charge in [-0.25, -0.2) is 0 Å². The Morgan fingerprint density at radius 1 is 1.75 bits per heavy atom. The molecule has 0 saturated carbocycles. The summed E-state index contributed by atoms with van der Waals surface area (Å²) in [5, 5.41) is 0. The Morgan fingerprint density at radius 3 is 2.75 bits per heavy atom. The van der Waals surface area contributed by atoms with Crippen LogP contribution in [0.25, 0.3) is 0 Å². The van der Waals surface area contributed by atoms with Crippen molar-refractivity contribution >= 4 is 26.6 Å². The Balaban J connectivity index is 3.26. The van der Waals surface area contributed by atoms with Crippen molar-refractivity contribution in [3.63, 3.8) is 0 Å². The summed E-state index contributed by atoms with van der Waals surface area (Å²) in [6, 6.07) is 0. The average Bonchev–Trinajstić information content (AvgIpc) is 1.83. The van der Waals surface area contributed by atoms with Gasteiger partial charge in [0.2, 0.25) is 0 Å². The van der Waals surface area contributed by atoms with Crippen LogP contribution in [0.15, 0.2) is 10.0 Å². The summed E-state index contributed by atoms with van der Waals surface area (Å²) in [6.45, 7) is 2.16. The van der Waals surface area contributed by atoms with Crippen LogP contribution in [0.2, 0.25) is 5.82 Å². The molecule has 0 aliphatic heterocycles. The Hall–Kier alpha value is 0.549. The van der Waals surface area contributed by atoms with E-state index >= 15 is 0 Å². The monoisotopic (exact) mass is 198 g/mol. The first-order valence-electron chi connectivity index (χ1n) is 2.71. The summed E-state index contributed by atoms with van der Waals surface area (Å²) in [5.41, 5.74) is 0. The zero-order chi connectivity index (χ0) is 6.41. The molecule has 0 fully saturated rings. The molecule has 0 heterocycles. The summed E-state index contributed by atoms with van der Waals surface area (Å²) in [6.07, 6.45) is 4.45. The van der Waals surface area contributed by atoms with E-state index in [0.29, 0.717) is 15.0 Å². The minimum absolute atomic E-state index is 0.511. The first-order valence-corrected chi connectivity index (χ1v) is 5.65. The van der Waals surface area contributed by atoms with Gasteiger partial charge in [0.15, 0.2) is 0 Å². The van der Waals surface area contributed by atoms with Gasteiger partial charge in [-0.1, -0.05) is 0 Å². The van der Waals surface area contributed by atoms with Gasteiger partial charge in [-0.05, 0) is 0 Å². The quantitative estimate of drug-likeness (QED) is 0.610. The maximum atomic E-state index is 5.73. The van der Waals surface area contributed by atoms with E-state index in [1.165, 1.54) is 6.42 Å². The van der Waals surface area contributed by atoms with Gasteiger partial charge in [0, 0.05) is 0 Å². The van der Waals surface area contributed by atoms with E-state index in [0.717, 1.165) is 10.4 Å². The molecule has 0 aliphatic carbocycles. The summed E-state index contributed by atoms with van der Waals surface area (Å²) < 4.78 is 1.05. The van der Waals surface area contributed by atoms with Gasteiger partial charge in [0.05, 0.1) is 0 Å². The van der Waals surface area contributed by atoms with Crippen molar-refractivity contribution in [1.82, 2.24) is 0 Å². The molecule has 0 aromatic carbocycles. The van der Waals surface area contributed by atoms with Crippen molar-refractivity contribution in [2.24, 2.45) is 0 Å². The SMILES string of the molecule is CCC/C=C(\Cl)[Se]C. The van der Waals surface area contributed by atoms with Crippen molar-refractivity contribution in [3.05, 3.63) is 10.0 Å². The second-order valence-electron chi connectivity index (χ2n) is 1.50. The molecular formula is C6H11ClSe. The maximum absolute atomic E-state index is 5.73. The zero-order valence-corrected chi connectivity index (χ0v) is 7.75. The summed E-state index contributed by atoms with van der Waals surface area (Å²) in [7, 11) is 0. The van der Waals surface area contributed by atoms with Crippen molar-refractivity contribution < 1.29 is 0 Å². The molecule has 0 saturated heterocycles. The van der Waals surface area contributed by atoms with Crippen molar-refractivity contribution in [2.75, 3.05) is 0 Å². The molecule has 0 radical (unpaired) electrons. The number of hydrogen-bond donors (Lipinski definition) is 0. The number of rotatable bonds is 3. The molecule has 48 valence electrons. The predicted molar refractivity (Wildman–Crippen MR) is 40.5 cm³/mol. The van der Waals surface area contributed by atoms with E-state index in [1.54, 1.807) is 0 Å². The Bertz CT molecular complexity index is 78.6. The molecule has 0 unspecified atom stereocenters. The third-order valence-corrected chi connectivity index (χ3v) is 2.91. The van der Waals surface area contributed by atoms with Crippen LogP contribution in [0.4, 0.5) is 0 Å². The van der Waals surface area contributed by atoms with Crippen molar-refractivity contribution in [2.45, 2.75) is 25.6 Å². The molecule has 0 atom stereocenters. The van der Waals surface area contributed by atoms with Crippen LogP contribution in [0, 0.1) is 0 Å². The molecule has 0 rings (SSSR count). The minimum atomic E-state index is 0.511. The van der Waals surface area contributed by atoms with Gasteiger partial charge in [0.1, 0.15) is 0 Å². The fraction of sp³-hybridized carbons (Fsp3) is 0.667. The normalized spacial score (nSPS) is 12.1. The van der Waals surface area contributed by atoms with Gasteiger partial charge < -0.3 is 0 Å². The van der Waals surface area contributed by atoms with E-state index in [2.05, 4.69) is 18.8 Å². The predicted octanol–water partition coefficient (Wildman–Crippen LogP) is 2.62. The van der Waals surface area contributed by atoms with Crippen molar-refractivity contribution in [3.8, 4) is 0 Å². The third-order valence-electron chi connectivity index (χ3n) is 0.789.